The van der Waals surface area contributed by atoms with Gasteiger partial charge in [0.1, 0.15) is 10.0 Å². The summed E-state index contributed by atoms with van der Waals surface area (Å²) in [7, 11) is 0. The van der Waals surface area contributed by atoms with Crippen LogP contribution in [0.5, 0.6) is 0 Å². The molecule has 0 aliphatic rings. The van der Waals surface area contributed by atoms with E-state index in [0.717, 1.165) is 21.0 Å². The first kappa shape index (κ1) is 17.8. The normalized spacial score (nSPS) is 11.7. The largest absolute Gasteiger partial charge is 0.235 e. The Morgan fingerprint density at radius 1 is 0.500 bits per heavy atom. The Kier molecular flexibility index (Phi) is 3.98. The molecule has 144 valence electrons. The Balaban J connectivity index is 1.54. The van der Waals surface area contributed by atoms with Gasteiger partial charge in [0, 0.05) is 21.9 Å². The van der Waals surface area contributed by atoms with Crippen molar-refractivity contribution in [2.24, 2.45) is 0 Å². The van der Waals surface area contributed by atoms with Crippen LogP contribution in [0.4, 0.5) is 0 Å². The average Bonchev–Trinajstić information content (AvgIpc) is 3.39. The number of rotatable bonds is 2. The summed E-state index contributed by atoms with van der Waals surface area (Å²) < 4.78 is 2.43. The average molecular weight is 423 g/mol. The summed E-state index contributed by atoms with van der Waals surface area (Å²) in [6, 6.07) is 26.0. The highest BCUT2D eigenvalue weighted by atomic mass is 32.1. The van der Waals surface area contributed by atoms with Gasteiger partial charge in [-0.3, -0.25) is 0 Å². The second-order valence-electron chi connectivity index (χ2n) is 7.69. The monoisotopic (exact) mass is 422 g/mol. The van der Waals surface area contributed by atoms with Crippen molar-refractivity contribution in [3.63, 3.8) is 0 Å². The maximum Gasteiger partial charge on any atom is 0.124 e. The van der Waals surface area contributed by atoms with Crippen molar-refractivity contribution in [1.82, 2.24) is 9.97 Å². The molecule has 0 unspecified atom stereocenters. The smallest absolute Gasteiger partial charge is 0.124 e. The minimum atomic E-state index is 1.07. The van der Waals surface area contributed by atoms with Gasteiger partial charge in [0.25, 0.3) is 0 Å². The van der Waals surface area contributed by atoms with Gasteiger partial charge in [-0.25, -0.2) is 9.97 Å². The van der Waals surface area contributed by atoms with Crippen molar-refractivity contribution in [2.45, 2.75) is 13.8 Å². The van der Waals surface area contributed by atoms with Crippen LogP contribution in [0.2, 0.25) is 0 Å². The molecule has 2 heterocycles. The molecule has 4 heteroatoms. The van der Waals surface area contributed by atoms with Crippen LogP contribution >= 0.6 is 22.7 Å². The molecule has 0 aliphatic heterocycles. The first-order valence-corrected chi connectivity index (χ1v) is 11.6. The number of aromatic nitrogens is 2. The van der Waals surface area contributed by atoms with E-state index >= 15 is 0 Å². The fourth-order valence-corrected chi connectivity index (χ4v) is 5.80. The molecule has 0 fully saturated rings. The molecule has 0 atom stereocenters. The standard InChI is InChI=1S/C26H18N2S2/c1-15-3-7-17(8-4-15)25-27-23-19-12-14-22-24(20(19)11-13-21(23)29-25)28-26(30-22)18-9-5-16(2)6-10-18/h3-14H,1-2H3. The molecule has 0 amide bonds. The topological polar surface area (TPSA) is 25.8 Å². The second kappa shape index (κ2) is 6.73. The molecule has 30 heavy (non-hydrogen) atoms. The molecule has 0 radical (unpaired) electrons. The minimum absolute atomic E-state index is 1.07. The molecule has 0 aliphatic carbocycles. The highest BCUT2D eigenvalue weighted by Gasteiger charge is 2.14. The molecule has 4 aromatic carbocycles. The minimum Gasteiger partial charge on any atom is -0.235 e. The molecule has 0 saturated carbocycles. The fourth-order valence-electron chi connectivity index (χ4n) is 3.83. The molecule has 2 nitrogen and oxygen atoms in total. The zero-order valence-electron chi connectivity index (χ0n) is 16.6. The lowest BCUT2D eigenvalue weighted by atomic mass is 10.1. The number of fused-ring (bicyclic) bond motifs is 5. The van der Waals surface area contributed by atoms with Gasteiger partial charge in [-0.15, -0.1) is 22.7 Å². The van der Waals surface area contributed by atoms with E-state index < -0.39 is 0 Å². The van der Waals surface area contributed by atoms with E-state index in [9.17, 15) is 0 Å². The van der Waals surface area contributed by atoms with Crippen LogP contribution in [0.15, 0.2) is 72.8 Å². The summed E-state index contributed by atoms with van der Waals surface area (Å²) >= 11 is 3.50. The molecule has 0 spiro atoms. The van der Waals surface area contributed by atoms with Gasteiger partial charge in [0.05, 0.1) is 20.4 Å². The molecule has 0 bridgehead atoms. The Bertz CT molecular complexity index is 1420. The van der Waals surface area contributed by atoms with Gasteiger partial charge in [0.15, 0.2) is 0 Å². The highest BCUT2D eigenvalue weighted by Crippen LogP contribution is 2.39. The van der Waals surface area contributed by atoms with Crippen molar-refractivity contribution < 1.29 is 0 Å². The number of benzene rings is 4. The third-order valence-electron chi connectivity index (χ3n) is 5.51. The third-order valence-corrected chi connectivity index (χ3v) is 7.65. The Morgan fingerprint density at radius 2 is 0.900 bits per heavy atom. The Labute approximate surface area is 182 Å². The number of nitrogens with zero attached hydrogens (tertiary/aromatic N) is 2. The quantitative estimate of drug-likeness (QED) is 0.282. The lowest BCUT2D eigenvalue weighted by Gasteiger charge is -1.99. The van der Waals surface area contributed by atoms with Gasteiger partial charge in [-0.1, -0.05) is 71.8 Å². The van der Waals surface area contributed by atoms with Crippen molar-refractivity contribution in [3.05, 3.63) is 83.9 Å². The van der Waals surface area contributed by atoms with E-state index in [-0.39, 0.29) is 0 Å². The van der Waals surface area contributed by atoms with E-state index in [4.69, 9.17) is 9.97 Å². The van der Waals surface area contributed by atoms with Crippen molar-refractivity contribution in [2.75, 3.05) is 0 Å². The summed E-state index contributed by atoms with van der Waals surface area (Å²) in [4.78, 5) is 10.0. The van der Waals surface area contributed by atoms with E-state index in [1.165, 1.54) is 42.4 Å². The summed E-state index contributed by atoms with van der Waals surface area (Å²) in [5.41, 5.74) is 7.01. The zero-order valence-corrected chi connectivity index (χ0v) is 18.3. The van der Waals surface area contributed by atoms with Crippen LogP contribution in [0.25, 0.3) is 52.3 Å². The van der Waals surface area contributed by atoms with Gasteiger partial charge >= 0.3 is 0 Å². The van der Waals surface area contributed by atoms with Crippen molar-refractivity contribution >= 4 is 53.9 Å². The van der Waals surface area contributed by atoms with Crippen LogP contribution in [-0.4, -0.2) is 9.97 Å². The number of thiazole rings is 2. The lowest BCUT2D eigenvalue weighted by Crippen LogP contribution is -1.80. The van der Waals surface area contributed by atoms with Crippen LogP contribution in [0, 0.1) is 13.8 Å². The molecule has 0 saturated heterocycles. The zero-order chi connectivity index (χ0) is 20.2. The van der Waals surface area contributed by atoms with Gasteiger partial charge in [0.2, 0.25) is 0 Å². The molecule has 0 N–H and O–H groups in total. The molecular formula is C26H18N2S2. The second-order valence-corrected chi connectivity index (χ2v) is 9.75. The SMILES string of the molecule is Cc1ccc(-c2nc3c(ccc4c3ccc3sc(-c5ccc(C)cc5)nc34)s2)cc1. The van der Waals surface area contributed by atoms with Crippen LogP contribution < -0.4 is 0 Å². The van der Waals surface area contributed by atoms with E-state index in [1.807, 2.05) is 0 Å². The maximum atomic E-state index is 5.02. The van der Waals surface area contributed by atoms with E-state index in [0.29, 0.717) is 0 Å². The van der Waals surface area contributed by atoms with E-state index in [2.05, 4.69) is 86.6 Å². The summed E-state index contributed by atoms with van der Waals surface area (Å²) in [5, 5.41) is 4.48. The summed E-state index contributed by atoms with van der Waals surface area (Å²) in [6.45, 7) is 4.22. The molecular weight excluding hydrogens is 404 g/mol. The first-order chi connectivity index (χ1) is 14.7. The molecule has 6 aromatic rings. The van der Waals surface area contributed by atoms with Gasteiger partial charge in [-0.2, -0.15) is 0 Å². The van der Waals surface area contributed by atoms with Gasteiger partial charge < -0.3 is 0 Å². The van der Waals surface area contributed by atoms with E-state index in [1.54, 1.807) is 22.7 Å². The number of hydrogen-bond acceptors (Lipinski definition) is 4. The Hall–Kier alpha value is -3.08. The summed E-state index contributed by atoms with van der Waals surface area (Å²) in [5.74, 6) is 0. The summed E-state index contributed by atoms with van der Waals surface area (Å²) in [6.07, 6.45) is 0. The number of hydrogen-bond donors (Lipinski definition) is 0. The van der Waals surface area contributed by atoms with Crippen LogP contribution in [0.1, 0.15) is 11.1 Å². The fraction of sp³-hybridized carbons (Fsp3) is 0.0769. The first-order valence-electron chi connectivity index (χ1n) is 9.93. The highest BCUT2D eigenvalue weighted by molar-refractivity contribution is 7.22. The van der Waals surface area contributed by atoms with Crippen molar-refractivity contribution in [3.8, 4) is 21.1 Å². The van der Waals surface area contributed by atoms with Gasteiger partial charge in [-0.05, 0) is 26.0 Å². The maximum absolute atomic E-state index is 5.02. The molecule has 6 rings (SSSR count). The lowest BCUT2D eigenvalue weighted by molar-refractivity contribution is 1.44. The number of aryl methyl sites for hydroxylation is 2. The molecule has 2 aromatic heterocycles. The van der Waals surface area contributed by atoms with Crippen molar-refractivity contribution in [1.29, 1.82) is 0 Å². The third kappa shape index (κ3) is 2.83. The van der Waals surface area contributed by atoms with Crippen LogP contribution in [-0.2, 0) is 0 Å². The van der Waals surface area contributed by atoms with Crippen LogP contribution in [0.3, 0.4) is 0 Å². The Morgan fingerprint density at radius 3 is 1.30 bits per heavy atom. The predicted octanol–water partition coefficient (Wildman–Crippen LogP) is 8.01. The predicted molar refractivity (Wildman–Crippen MR) is 131 cm³/mol.